The predicted octanol–water partition coefficient (Wildman–Crippen LogP) is 2.28. The summed E-state index contributed by atoms with van der Waals surface area (Å²) in [5.74, 6) is 0. The van der Waals surface area contributed by atoms with Crippen LogP contribution in [0.5, 0.6) is 0 Å². The molecule has 0 radical (unpaired) electrons. The Morgan fingerprint density at radius 1 is 1.17 bits per heavy atom. The maximum absolute atomic E-state index is 11.0. The number of primary sulfonamides is 1. The van der Waals surface area contributed by atoms with Crippen molar-refractivity contribution in [3.05, 3.63) is 12.5 Å². The average Bonchev–Trinajstić information content (AvgIpc) is 2.76. The van der Waals surface area contributed by atoms with Crippen LogP contribution in [0.2, 0.25) is 0 Å². The van der Waals surface area contributed by atoms with Gasteiger partial charge < -0.3 is 4.57 Å². The van der Waals surface area contributed by atoms with Crippen LogP contribution in [-0.4, -0.2) is 18.0 Å². The van der Waals surface area contributed by atoms with Gasteiger partial charge >= 0.3 is 0 Å². The predicted molar refractivity (Wildman–Crippen MR) is 71.6 cm³/mol. The first-order valence-corrected chi connectivity index (χ1v) is 8.13. The number of aryl methyl sites for hydroxylation is 1. The molecular weight excluding hydrogens is 250 g/mol. The number of unbranched alkanes of at least 4 members (excludes halogenated alkanes) is 6. The van der Waals surface area contributed by atoms with Gasteiger partial charge in [-0.15, -0.1) is 0 Å². The highest BCUT2D eigenvalue weighted by atomic mass is 32.2. The van der Waals surface area contributed by atoms with Crippen LogP contribution >= 0.6 is 0 Å². The van der Waals surface area contributed by atoms with Crippen molar-refractivity contribution in [1.29, 1.82) is 0 Å². The molecule has 1 aromatic rings. The molecule has 0 spiro atoms. The van der Waals surface area contributed by atoms with Gasteiger partial charge in [0.25, 0.3) is 10.0 Å². The van der Waals surface area contributed by atoms with Crippen molar-refractivity contribution in [1.82, 2.24) is 9.55 Å². The summed E-state index contributed by atoms with van der Waals surface area (Å²) >= 11 is 0. The molecule has 18 heavy (non-hydrogen) atoms. The van der Waals surface area contributed by atoms with Gasteiger partial charge in [-0.25, -0.2) is 18.5 Å². The van der Waals surface area contributed by atoms with E-state index in [0.29, 0.717) is 0 Å². The summed E-state index contributed by atoms with van der Waals surface area (Å²) in [7, 11) is -3.66. The lowest BCUT2D eigenvalue weighted by atomic mass is 10.1. The van der Waals surface area contributed by atoms with Crippen molar-refractivity contribution in [2.45, 2.75) is 63.4 Å². The number of nitrogens with two attached hydrogens (primary N) is 1. The highest BCUT2D eigenvalue weighted by molar-refractivity contribution is 7.89. The Labute approximate surface area is 109 Å². The van der Waals surface area contributed by atoms with E-state index < -0.39 is 10.0 Å². The molecule has 0 aromatic carbocycles. The SMILES string of the molecule is CCCCCCCCCn1cnc(S(N)(=O)=O)c1. The van der Waals surface area contributed by atoms with E-state index in [0.717, 1.165) is 13.0 Å². The lowest BCUT2D eigenvalue weighted by Crippen LogP contribution is -2.12. The van der Waals surface area contributed by atoms with E-state index in [1.807, 2.05) is 0 Å². The molecular formula is C12H23N3O2S. The molecule has 6 heteroatoms. The fraction of sp³-hybridized carbons (Fsp3) is 0.750. The van der Waals surface area contributed by atoms with Crippen molar-refractivity contribution >= 4 is 10.0 Å². The van der Waals surface area contributed by atoms with Gasteiger partial charge in [-0.05, 0) is 6.42 Å². The van der Waals surface area contributed by atoms with Gasteiger partial charge in [-0.2, -0.15) is 0 Å². The summed E-state index contributed by atoms with van der Waals surface area (Å²) in [6.45, 7) is 3.01. The van der Waals surface area contributed by atoms with E-state index in [9.17, 15) is 8.42 Å². The fourth-order valence-corrected chi connectivity index (χ4v) is 2.34. The molecule has 0 aliphatic carbocycles. The summed E-state index contributed by atoms with van der Waals surface area (Å²) in [6, 6.07) is 0. The third-order valence-electron chi connectivity index (χ3n) is 2.92. The second-order valence-electron chi connectivity index (χ2n) is 4.62. The van der Waals surface area contributed by atoms with Gasteiger partial charge in [0.05, 0.1) is 6.33 Å². The lowest BCUT2D eigenvalue weighted by molar-refractivity contribution is 0.549. The topological polar surface area (TPSA) is 78.0 Å². The lowest BCUT2D eigenvalue weighted by Gasteiger charge is -2.02. The minimum absolute atomic E-state index is 0.0505. The van der Waals surface area contributed by atoms with Crippen LogP contribution in [0.25, 0.3) is 0 Å². The number of nitrogens with zero attached hydrogens (tertiary/aromatic N) is 2. The molecule has 5 nitrogen and oxygen atoms in total. The standard InChI is InChI=1S/C12H23N3O2S/c1-2-3-4-5-6-7-8-9-15-10-12(14-11-15)18(13,16)17/h10-11H,2-9H2,1H3,(H2,13,16,17). The van der Waals surface area contributed by atoms with E-state index in [1.54, 1.807) is 4.57 Å². The van der Waals surface area contributed by atoms with Crippen molar-refractivity contribution in [2.24, 2.45) is 5.14 Å². The van der Waals surface area contributed by atoms with Crippen LogP contribution in [0.1, 0.15) is 51.9 Å². The summed E-state index contributed by atoms with van der Waals surface area (Å²) in [4.78, 5) is 3.78. The number of imidazole rings is 1. The first-order valence-electron chi connectivity index (χ1n) is 6.58. The summed E-state index contributed by atoms with van der Waals surface area (Å²) < 4.78 is 23.8. The zero-order valence-corrected chi connectivity index (χ0v) is 11.8. The normalized spacial score (nSPS) is 11.9. The molecule has 0 aliphatic heterocycles. The highest BCUT2D eigenvalue weighted by Gasteiger charge is 2.10. The molecule has 0 aliphatic rings. The fourth-order valence-electron chi connectivity index (χ4n) is 1.86. The van der Waals surface area contributed by atoms with Crippen LogP contribution in [-0.2, 0) is 16.6 Å². The largest absolute Gasteiger partial charge is 0.336 e. The van der Waals surface area contributed by atoms with Gasteiger partial charge in [-0.3, -0.25) is 0 Å². The Balaban J connectivity index is 2.18. The van der Waals surface area contributed by atoms with Crippen LogP contribution in [0.4, 0.5) is 0 Å². The van der Waals surface area contributed by atoms with Gasteiger partial charge in [-0.1, -0.05) is 45.4 Å². The third-order valence-corrected chi connectivity index (χ3v) is 3.71. The molecule has 0 amide bonds. The van der Waals surface area contributed by atoms with Crippen molar-refractivity contribution < 1.29 is 8.42 Å². The van der Waals surface area contributed by atoms with Crippen LogP contribution in [0, 0.1) is 0 Å². The van der Waals surface area contributed by atoms with Crippen LogP contribution in [0.15, 0.2) is 17.6 Å². The number of rotatable bonds is 9. The Hall–Kier alpha value is -0.880. The number of aromatic nitrogens is 2. The molecule has 0 bridgehead atoms. The number of sulfonamides is 1. The number of hydrogen-bond acceptors (Lipinski definition) is 3. The second-order valence-corrected chi connectivity index (χ2v) is 6.12. The molecule has 1 aromatic heterocycles. The minimum atomic E-state index is -3.66. The summed E-state index contributed by atoms with van der Waals surface area (Å²) in [6.07, 6.45) is 11.7. The molecule has 1 rings (SSSR count). The maximum atomic E-state index is 11.0. The van der Waals surface area contributed by atoms with Gasteiger partial charge in [0, 0.05) is 12.7 Å². The molecule has 0 saturated carbocycles. The molecule has 2 N–H and O–H groups in total. The average molecular weight is 273 g/mol. The van der Waals surface area contributed by atoms with Crippen molar-refractivity contribution in [3.63, 3.8) is 0 Å². The van der Waals surface area contributed by atoms with Gasteiger partial charge in [0.1, 0.15) is 0 Å². The molecule has 0 unspecified atom stereocenters. The Kier molecular flexibility index (Phi) is 6.35. The van der Waals surface area contributed by atoms with Gasteiger partial charge in [0.15, 0.2) is 5.03 Å². The summed E-state index contributed by atoms with van der Waals surface area (Å²) in [5, 5.41) is 4.94. The smallest absolute Gasteiger partial charge is 0.257 e. The van der Waals surface area contributed by atoms with E-state index >= 15 is 0 Å². The van der Waals surface area contributed by atoms with Crippen LogP contribution < -0.4 is 5.14 Å². The molecule has 1 heterocycles. The first kappa shape index (κ1) is 15.2. The second kappa shape index (κ2) is 7.53. The van der Waals surface area contributed by atoms with E-state index in [2.05, 4.69) is 11.9 Å². The quantitative estimate of drug-likeness (QED) is 0.701. The zero-order chi connectivity index (χ0) is 13.4. The Morgan fingerprint density at radius 3 is 2.33 bits per heavy atom. The maximum Gasteiger partial charge on any atom is 0.257 e. The Morgan fingerprint density at radius 2 is 1.78 bits per heavy atom. The minimum Gasteiger partial charge on any atom is -0.336 e. The summed E-state index contributed by atoms with van der Waals surface area (Å²) in [5.41, 5.74) is 0. The van der Waals surface area contributed by atoms with E-state index in [-0.39, 0.29) is 5.03 Å². The molecule has 0 fully saturated rings. The molecule has 0 saturated heterocycles. The van der Waals surface area contributed by atoms with E-state index in [1.165, 1.54) is 51.0 Å². The monoisotopic (exact) mass is 273 g/mol. The van der Waals surface area contributed by atoms with Crippen molar-refractivity contribution in [2.75, 3.05) is 0 Å². The molecule has 104 valence electrons. The first-order chi connectivity index (χ1) is 8.54. The third kappa shape index (κ3) is 5.64. The Bertz CT molecular complexity index is 440. The van der Waals surface area contributed by atoms with Gasteiger partial charge in [0.2, 0.25) is 0 Å². The van der Waals surface area contributed by atoms with Crippen molar-refractivity contribution in [3.8, 4) is 0 Å². The van der Waals surface area contributed by atoms with Crippen LogP contribution in [0.3, 0.4) is 0 Å². The zero-order valence-electron chi connectivity index (χ0n) is 11.0. The van der Waals surface area contributed by atoms with E-state index in [4.69, 9.17) is 5.14 Å². The molecule has 0 atom stereocenters. The highest BCUT2D eigenvalue weighted by Crippen LogP contribution is 2.09. The number of hydrogen-bond donors (Lipinski definition) is 1.